The van der Waals surface area contributed by atoms with E-state index >= 15 is 0 Å². The van der Waals surface area contributed by atoms with E-state index in [1.165, 1.54) is 12.0 Å². The second-order valence-electron chi connectivity index (χ2n) is 8.09. The summed E-state index contributed by atoms with van der Waals surface area (Å²) in [6.45, 7) is 6.19. The number of hydrogen-bond donors (Lipinski definition) is 1. The molecule has 1 heterocycles. The fraction of sp³-hybridized carbons (Fsp3) is 0.214. The Morgan fingerprint density at radius 1 is 1.00 bits per heavy atom. The number of Topliss-reactive ketones (excluding diaryl/α,β-unsaturated/α-hetero) is 1. The van der Waals surface area contributed by atoms with Gasteiger partial charge in [0.15, 0.2) is 0 Å². The third-order valence-corrected chi connectivity index (χ3v) is 6.13. The van der Waals surface area contributed by atoms with Crippen LogP contribution in [0.25, 0.3) is 5.76 Å². The highest BCUT2D eigenvalue weighted by Gasteiger charge is 2.48. The summed E-state index contributed by atoms with van der Waals surface area (Å²) in [6.07, 6.45) is 0. The first-order valence-electron chi connectivity index (χ1n) is 11.1. The first-order valence-corrected chi connectivity index (χ1v) is 11.1. The SMILES string of the molecule is CCOc1cccc(/C(O)=C2\C(=O)C(=O)N(c3cccc(C)c3C)C2c2ccccc2OC)c1. The molecule has 0 radical (unpaired) electrons. The predicted octanol–water partition coefficient (Wildman–Crippen LogP) is 5.34. The minimum absolute atomic E-state index is 0.00375. The van der Waals surface area contributed by atoms with Gasteiger partial charge in [-0.2, -0.15) is 0 Å². The summed E-state index contributed by atoms with van der Waals surface area (Å²) in [5, 5.41) is 11.4. The molecule has 6 heteroatoms. The molecular weight excluding hydrogens is 430 g/mol. The maximum Gasteiger partial charge on any atom is 0.300 e. The van der Waals surface area contributed by atoms with Crippen molar-refractivity contribution in [3.8, 4) is 11.5 Å². The molecule has 1 unspecified atom stereocenters. The van der Waals surface area contributed by atoms with Crippen LogP contribution in [0.3, 0.4) is 0 Å². The molecule has 0 spiro atoms. The lowest BCUT2D eigenvalue weighted by Crippen LogP contribution is -2.30. The van der Waals surface area contributed by atoms with Crippen LogP contribution in [0.5, 0.6) is 11.5 Å². The van der Waals surface area contributed by atoms with E-state index in [-0.39, 0.29) is 11.3 Å². The smallest absolute Gasteiger partial charge is 0.300 e. The molecule has 3 aromatic rings. The highest BCUT2D eigenvalue weighted by molar-refractivity contribution is 6.51. The molecule has 6 nitrogen and oxygen atoms in total. The third-order valence-electron chi connectivity index (χ3n) is 6.13. The minimum atomic E-state index is -0.868. The molecule has 1 aliphatic heterocycles. The Morgan fingerprint density at radius 2 is 1.74 bits per heavy atom. The van der Waals surface area contributed by atoms with Gasteiger partial charge in [0.25, 0.3) is 11.7 Å². The van der Waals surface area contributed by atoms with Crippen LogP contribution in [0.2, 0.25) is 0 Å². The van der Waals surface area contributed by atoms with Crippen LogP contribution in [0, 0.1) is 13.8 Å². The van der Waals surface area contributed by atoms with E-state index in [4.69, 9.17) is 9.47 Å². The number of ketones is 1. The van der Waals surface area contributed by atoms with Gasteiger partial charge >= 0.3 is 0 Å². The van der Waals surface area contributed by atoms with Gasteiger partial charge in [-0.15, -0.1) is 0 Å². The van der Waals surface area contributed by atoms with Crippen molar-refractivity contribution in [3.05, 3.63) is 94.6 Å². The Bertz CT molecular complexity index is 1290. The summed E-state index contributed by atoms with van der Waals surface area (Å²) in [5.74, 6) is -0.644. The second-order valence-corrected chi connectivity index (χ2v) is 8.09. The number of aliphatic hydroxyl groups excluding tert-OH is 1. The van der Waals surface area contributed by atoms with Gasteiger partial charge in [-0.1, -0.05) is 42.5 Å². The summed E-state index contributed by atoms with van der Waals surface area (Å²) in [6, 6.07) is 18.8. The van der Waals surface area contributed by atoms with Crippen LogP contribution >= 0.6 is 0 Å². The van der Waals surface area contributed by atoms with Gasteiger partial charge in [-0.25, -0.2) is 0 Å². The van der Waals surface area contributed by atoms with Crippen molar-refractivity contribution in [2.75, 3.05) is 18.6 Å². The summed E-state index contributed by atoms with van der Waals surface area (Å²) in [5.41, 5.74) is 3.48. The summed E-state index contributed by atoms with van der Waals surface area (Å²) in [7, 11) is 1.54. The molecule has 1 N–H and O–H groups in total. The quantitative estimate of drug-likeness (QED) is 0.307. The molecule has 3 aromatic carbocycles. The van der Waals surface area contributed by atoms with E-state index in [0.29, 0.717) is 34.9 Å². The molecule has 0 saturated carbocycles. The lowest BCUT2D eigenvalue weighted by atomic mass is 9.94. The molecule has 1 amide bonds. The molecular formula is C28H27NO5. The first-order chi connectivity index (χ1) is 16.4. The van der Waals surface area contributed by atoms with Crippen LogP contribution in [-0.4, -0.2) is 30.5 Å². The van der Waals surface area contributed by atoms with Crippen molar-refractivity contribution in [1.29, 1.82) is 0 Å². The van der Waals surface area contributed by atoms with Crippen LogP contribution in [-0.2, 0) is 9.59 Å². The fourth-order valence-corrected chi connectivity index (χ4v) is 4.32. The van der Waals surface area contributed by atoms with Crippen molar-refractivity contribution in [1.82, 2.24) is 0 Å². The van der Waals surface area contributed by atoms with Gasteiger partial charge in [0.05, 0.1) is 25.3 Å². The zero-order chi connectivity index (χ0) is 24.4. The average Bonchev–Trinajstić information content (AvgIpc) is 3.11. The number of hydrogen-bond acceptors (Lipinski definition) is 5. The largest absolute Gasteiger partial charge is 0.507 e. The number of amides is 1. The standard InChI is InChI=1S/C28H27NO5/c1-5-34-20-12-9-11-19(16-20)26(30)24-25(21-13-6-7-15-23(21)33-4)29(28(32)27(24)31)22-14-8-10-17(2)18(22)3/h6-16,25,30H,5H2,1-4H3/b26-24+. The highest BCUT2D eigenvalue weighted by Crippen LogP contribution is 2.46. The molecule has 0 aromatic heterocycles. The van der Waals surface area contributed by atoms with Crippen molar-refractivity contribution in [3.63, 3.8) is 0 Å². The van der Waals surface area contributed by atoms with E-state index in [9.17, 15) is 14.7 Å². The van der Waals surface area contributed by atoms with Crippen LogP contribution in [0.1, 0.15) is 35.2 Å². The van der Waals surface area contributed by atoms with Crippen LogP contribution < -0.4 is 14.4 Å². The van der Waals surface area contributed by atoms with Crippen LogP contribution in [0.4, 0.5) is 5.69 Å². The van der Waals surface area contributed by atoms with Crippen molar-refractivity contribution >= 4 is 23.1 Å². The lowest BCUT2D eigenvalue weighted by Gasteiger charge is -2.28. The summed E-state index contributed by atoms with van der Waals surface area (Å²) < 4.78 is 11.1. The van der Waals surface area contributed by atoms with E-state index in [0.717, 1.165) is 11.1 Å². The molecule has 1 atom stereocenters. The number of carbonyl (C=O) groups is 2. The second kappa shape index (κ2) is 9.43. The number of carbonyl (C=O) groups excluding carboxylic acids is 2. The Hall–Kier alpha value is -4.06. The average molecular weight is 458 g/mol. The topological polar surface area (TPSA) is 76.1 Å². The predicted molar refractivity (Wildman–Crippen MR) is 131 cm³/mol. The number of aliphatic hydroxyl groups is 1. The molecule has 0 aliphatic carbocycles. The van der Waals surface area contributed by atoms with Gasteiger partial charge in [-0.05, 0) is 56.2 Å². The maximum absolute atomic E-state index is 13.4. The zero-order valence-corrected chi connectivity index (χ0v) is 19.7. The molecule has 1 saturated heterocycles. The van der Waals surface area contributed by atoms with Gasteiger partial charge in [0.1, 0.15) is 17.3 Å². The van der Waals surface area contributed by atoms with E-state index in [2.05, 4.69) is 0 Å². The van der Waals surface area contributed by atoms with Crippen LogP contribution in [0.15, 0.2) is 72.3 Å². The summed E-state index contributed by atoms with van der Waals surface area (Å²) in [4.78, 5) is 28.3. The normalized spacial score (nSPS) is 17.2. The van der Waals surface area contributed by atoms with Crippen molar-refractivity contribution < 1.29 is 24.2 Å². The number of methoxy groups -OCH3 is 1. The van der Waals surface area contributed by atoms with Crippen molar-refractivity contribution in [2.45, 2.75) is 26.8 Å². The summed E-state index contributed by atoms with van der Waals surface area (Å²) >= 11 is 0. The van der Waals surface area contributed by atoms with E-state index in [1.54, 1.807) is 36.4 Å². The Kier molecular flexibility index (Phi) is 6.41. The zero-order valence-electron chi connectivity index (χ0n) is 19.7. The number of anilines is 1. The number of rotatable bonds is 6. The molecule has 1 aliphatic rings. The maximum atomic E-state index is 13.4. The minimum Gasteiger partial charge on any atom is -0.507 e. The number of aryl methyl sites for hydroxylation is 1. The molecule has 1 fully saturated rings. The Labute approximate surface area is 199 Å². The number of nitrogens with zero attached hydrogens (tertiary/aromatic N) is 1. The Morgan fingerprint density at radius 3 is 2.47 bits per heavy atom. The number of ether oxygens (including phenoxy) is 2. The molecule has 0 bridgehead atoms. The number of para-hydroxylation sites is 1. The Balaban J connectivity index is 1.99. The molecule has 4 rings (SSSR count). The van der Waals surface area contributed by atoms with Gasteiger partial charge in [0.2, 0.25) is 0 Å². The van der Waals surface area contributed by atoms with E-state index in [1.807, 2.05) is 51.1 Å². The monoisotopic (exact) mass is 457 g/mol. The van der Waals surface area contributed by atoms with E-state index < -0.39 is 17.7 Å². The highest BCUT2D eigenvalue weighted by atomic mass is 16.5. The van der Waals surface area contributed by atoms with Gasteiger partial charge in [0, 0.05) is 16.8 Å². The van der Waals surface area contributed by atoms with Crippen molar-refractivity contribution in [2.24, 2.45) is 0 Å². The fourth-order valence-electron chi connectivity index (χ4n) is 4.32. The first kappa shape index (κ1) is 23.1. The lowest BCUT2D eigenvalue weighted by molar-refractivity contribution is -0.132. The number of benzene rings is 3. The molecule has 174 valence electrons. The molecule has 34 heavy (non-hydrogen) atoms. The van der Waals surface area contributed by atoms with Gasteiger partial charge in [-0.3, -0.25) is 14.5 Å². The third kappa shape index (κ3) is 3.92. The van der Waals surface area contributed by atoms with Gasteiger partial charge < -0.3 is 14.6 Å².